The summed E-state index contributed by atoms with van der Waals surface area (Å²) in [6.07, 6.45) is -0.803. The maximum atomic E-state index is 11.5. The van der Waals surface area contributed by atoms with E-state index in [4.69, 9.17) is 10.3 Å². The van der Waals surface area contributed by atoms with Crippen molar-refractivity contribution in [1.29, 1.82) is 0 Å². The van der Waals surface area contributed by atoms with Crippen molar-refractivity contribution < 1.29 is 18.1 Å². The molecule has 1 aromatic heterocycles. The molecule has 4 N–H and O–H groups in total. The molecule has 1 atom stereocenters. The third-order valence-corrected chi connectivity index (χ3v) is 2.94. The van der Waals surface area contributed by atoms with Crippen LogP contribution in [-0.2, 0) is 15.9 Å². The van der Waals surface area contributed by atoms with E-state index < -0.39 is 33.5 Å². The lowest BCUT2D eigenvalue weighted by Crippen LogP contribution is -2.29. The van der Waals surface area contributed by atoms with E-state index >= 15 is 0 Å². The molecule has 1 aromatic rings. The van der Waals surface area contributed by atoms with Crippen LogP contribution in [0.4, 0.5) is 0 Å². The molecule has 0 fully saturated rings. The third-order valence-electron chi connectivity index (χ3n) is 2.29. The Kier molecular flexibility index (Phi) is 3.60. The molecule has 1 heterocycles. The molecular weight excluding hydrogens is 248 g/mol. The minimum Gasteiger partial charge on any atom is -0.494 e. The van der Waals surface area contributed by atoms with Crippen LogP contribution in [0.5, 0.6) is 5.88 Å². The van der Waals surface area contributed by atoms with Gasteiger partial charge in [-0.15, -0.1) is 0 Å². The van der Waals surface area contributed by atoms with E-state index in [1.165, 1.54) is 13.8 Å². The molecule has 0 aliphatic rings. The monoisotopic (exact) mass is 262 g/mol. The van der Waals surface area contributed by atoms with Crippen molar-refractivity contribution in [2.75, 3.05) is 0 Å². The van der Waals surface area contributed by atoms with Gasteiger partial charge in [0.25, 0.3) is 15.7 Å². The molecule has 0 saturated heterocycles. The van der Waals surface area contributed by atoms with E-state index in [-0.39, 0.29) is 11.1 Å². The summed E-state index contributed by atoms with van der Waals surface area (Å²) >= 11 is 0. The first-order valence-electron chi connectivity index (χ1n) is 4.78. The number of rotatable bonds is 3. The Morgan fingerprint density at radius 2 is 2.06 bits per heavy atom. The van der Waals surface area contributed by atoms with Gasteiger partial charge in [-0.25, -0.2) is 0 Å². The third kappa shape index (κ3) is 3.05. The fourth-order valence-corrected chi connectivity index (χ4v) is 2.24. The molecule has 0 radical (unpaired) electrons. The molecule has 1 rings (SSSR count). The predicted octanol–water partition coefficient (Wildman–Crippen LogP) is -0.273. The summed E-state index contributed by atoms with van der Waals surface area (Å²) < 4.78 is 31.2. The van der Waals surface area contributed by atoms with E-state index in [2.05, 4.69) is 0 Å². The van der Waals surface area contributed by atoms with Crippen molar-refractivity contribution in [2.24, 2.45) is 5.73 Å². The first kappa shape index (κ1) is 13.7. The highest BCUT2D eigenvalue weighted by Crippen LogP contribution is 2.22. The molecule has 0 spiro atoms. The zero-order valence-corrected chi connectivity index (χ0v) is 10.2. The Morgan fingerprint density at radius 1 is 1.53 bits per heavy atom. The van der Waals surface area contributed by atoms with Crippen LogP contribution in [0.25, 0.3) is 0 Å². The lowest BCUT2D eigenvalue weighted by Gasteiger charge is -2.16. The Labute approximate surface area is 98.2 Å². The highest BCUT2D eigenvalue weighted by Gasteiger charge is 2.19. The summed E-state index contributed by atoms with van der Waals surface area (Å²) in [5.74, 6) is -1.31. The van der Waals surface area contributed by atoms with Crippen molar-refractivity contribution in [1.82, 2.24) is 4.57 Å². The van der Waals surface area contributed by atoms with E-state index in [0.717, 1.165) is 10.6 Å². The van der Waals surface area contributed by atoms with Gasteiger partial charge in [0.2, 0.25) is 0 Å². The summed E-state index contributed by atoms with van der Waals surface area (Å²) in [6, 6.07) is 1.16. The Hall–Kier alpha value is -1.38. The number of nitrogens with zero attached hydrogens (tertiary/aromatic N) is 1. The molecule has 7 nitrogen and oxygen atoms in total. The van der Waals surface area contributed by atoms with E-state index in [0.29, 0.717) is 0 Å². The van der Waals surface area contributed by atoms with Crippen LogP contribution >= 0.6 is 0 Å². The van der Waals surface area contributed by atoms with Gasteiger partial charge in [-0.05, 0) is 19.4 Å². The normalized spacial score (nSPS) is 13.6. The molecule has 0 bridgehead atoms. The minimum absolute atomic E-state index is 0.0376. The van der Waals surface area contributed by atoms with E-state index in [1.807, 2.05) is 0 Å². The summed E-state index contributed by atoms with van der Waals surface area (Å²) in [6.45, 7) is 2.93. The number of hydrogen-bond acceptors (Lipinski definition) is 5. The van der Waals surface area contributed by atoms with Gasteiger partial charge in [-0.3, -0.25) is 13.9 Å². The van der Waals surface area contributed by atoms with Gasteiger partial charge in [-0.2, -0.15) is 8.42 Å². The number of pyridine rings is 1. The average Bonchev–Trinajstić information content (AvgIpc) is 2.09. The number of aromatic nitrogens is 1. The smallest absolute Gasteiger partial charge is 0.269 e. The molecule has 17 heavy (non-hydrogen) atoms. The van der Waals surface area contributed by atoms with Gasteiger partial charge in [0.1, 0.15) is 5.75 Å². The van der Waals surface area contributed by atoms with Crippen molar-refractivity contribution in [3.8, 4) is 5.88 Å². The Morgan fingerprint density at radius 3 is 2.47 bits per heavy atom. The fourth-order valence-electron chi connectivity index (χ4n) is 1.52. The summed E-state index contributed by atoms with van der Waals surface area (Å²) in [5, 5.41) is 9.79. The maximum Gasteiger partial charge on any atom is 0.269 e. The first-order chi connectivity index (χ1) is 7.63. The molecular formula is C9H14N2O5S. The van der Waals surface area contributed by atoms with Crippen LogP contribution in [0, 0.1) is 6.92 Å². The number of hydrogen-bond donors (Lipinski definition) is 3. The minimum atomic E-state index is -4.29. The second-order valence-corrected chi connectivity index (χ2v) is 5.26. The van der Waals surface area contributed by atoms with Crippen LogP contribution in [0.15, 0.2) is 10.9 Å². The van der Waals surface area contributed by atoms with Gasteiger partial charge in [0, 0.05) is 11.6 Å². The molecule has 0 amide bonds. The number of aryl methyl sites for hydroxylation is 1. The highest BCUT2D eigenvalue weighted by molar-refractivity contribution is 7.85. The van der Waals surface area contributed by atoms with Gasteiger partial charge in [0.05, 0.1) is 6.17 Å². The molecule has 0 aromatic carbocycles. The van der Waals surface area contributed by atoms with Crippen molar-refractivity contribution in [3.63, 3.8) is 0 Å². The summed E-state index contributed by atoms with van der Waals surface area (Å²) in [4.78, 5) is 11.5. The van der Waals surface area contributed by atoms with Crippen molar-refractivity contribution in [2.45, 2.75) is 25.8 Å². The molecule has 0 aliphatic heterocycles. The standard InChI is InChI=1S/C9H14N2O5S/c1-5-3-8(12)11(6(2)10)9(13)7(5)4-17(14,15)16/h3,6,13H,4,10H2,1-2H3,(H,14,15,16). The molecule has 0 saturated carbocycles. The molecule has 0 aliphatic carbocycles. The van der Waals surface area contributed by atoms with Gasteiger partial charge in [-0.1, -0.05) is 0 Å². The van der Waals surface area contributed by atoms with Crippen LogP contribution in [0.1, 0.15) is 24.2 Å². The van der Waals surface area contributed by atoms with Gasteiger partial charge < -0.3 is 10.8 Å². The quantitative estimate of drug-likeness (QED) is 0.644. The fraction of sp³-hybridized carbons (Fsp3) is 0.444. The van der Waals surface area contributed by atoms with E-state index in [1.54, 1.807) is 0 Å². The first-order valence-corrected chi connectivity index (χ1v) is 6.39. The highest BCUT2D eigenvalue weighted by atomic mass is 32.2. The van der Waals surface area contributed by atoms with Crippen LogP contribution in [0.3, 0.4) is 0 Å². The SMILES string of the molecule is Cc1cc(=O)n(C(C)N)c(O)c1CS(=O)(=O)O. The van der Waals surface area contributed by atoms with Crippen LogP contribution < -0.4 is 11.3 Å². The Balaban J connectivity index is 3.52. The van der Waals surface area contributed by atoms with Crippen LogP contribution in [0.2, 0.25) is 0 Å². The van der Waals surface area contributed by atoms with E-state index in [9.17, 15) is 18.3 Å². The largest absolute Gasteiger partial charge is 0.494 e. The average molecular weight is 262 g/mol. The van der Waals surface area contributed by atoms with Gasteiger partial charge >= 0.3 is 0 Å². The second-order valence-electron chi connectivity index (χ2n) is 3.80. The van der Waals surface area contributed by atoms with Crippen molar-refractivity contribution in [3.05, 3.63) is 27.5 Å². The maximum absolute atomic E-state index is 11.5. The Bertz CT molecular complexity index is 588. The second kappa shape index (κ2) is 4.47. The number of nitrogens with two attached hydrogens (primary N) is 1. The lowest BCUT2D eigenvalue weighted by molar-refractivity contribution is 0.376. The van der Waals surface area contributed by atoms with Crippen molar-refractivity contribution >= 4 is 10.1 Å². The molecule has 96 valence electrons. The molecule has 8 heteroatoms. The lowest BCUT2D eigenvalue weighted by atomic mass is 10.1. The number of aromatic hydroxyl groups is 1. The topological polar surface area (TPSA) is 123 Å². The zero-order valence-electron chi connectivity index (χ0n) is 9.41. The predicted molar refractivity (Wildman–Crippen MR) is 61.3 cm³/mol. The zero-order chi connectivity index (χ0) is 13.4. The summed E-state index contributed by atoms with van der Waals surface area (Å²) in [5.41, 5.74) is 5.20. The molecule has 1 unspecified atom stereocenters. The van der Waals surface area contributed by atoms with Gasteiger partial charge in [0.15, 0.2) is 5.88 Å². The summed E-state index contributed by atoms with van der Waals surface area (Å²) in [7, 11) is -4.29. The van der Waals surface area contributed by atoms with Crippen LogP contribution in [-0.4, -0.2) is 22.6 Å².